The Morgan fingerprint density at radius 3 is 2.60 bits per heavy atom. The minimum Gasteiger partial charge on any atom is -0.441 e. The molecule has 3 N–H and O–H groups in total. The maximum atomic E-state index is 11.5. The number of halogens is 1. The van der Waals surface area contributed by atoms with Crippen LogP contribution in [0.3, 0.4) is 0 Å². The van der Waals surface area contributed by atoms with Crippen LogP contribution in [0.25, 0.3) is 0 Å². The first-order chi connectivity index (χ1) is 9.11. The summed E-state index contributed by atoms with van der Waals surface area (Å²) in [6.45, 7) is 2.97. The van der Waals surface area contributed by atoms with Crippen molar-refractivity contribution in [3.8, 4) is 0 Å². The van der Waals surface area contributed by atoms with Crippen molar-refractivity contribution in [2.24, 2.45) is 11.7 Å². The van der Waals surface area contributed by atoms with Crippen molar-refractivity contribution in [2.45, 2.75) is 63.7 Å². The Morgan fingerprint density at radius 1 is 1.40 bits per heavy atom. The summed E-state index contributed by atoms with van der Waals surface area (Å²) >= 11 is 0. The fraction of sp³-hybridized carbons (Fsp3) is 0.929. The van der Waals surface area contributed by atoms with E-state index in [2.05, 4.69) is 0 Å². The summed E-state index contributed by atoms with van der Waals surface area (Å²) in [4.78, 5) is 13.1. The molecule has 0 bridgehead atoms. The molecule has 0 spiro atoms. The largest absolute Gasteiger partial charge is 0.441 e. The third-order valence-corrected chi connectivity index (χ3v) is 4.44. The molecular weight excluding hydrogens is 280 g/mol. The molecule has 1 heterocycles. The van der Waals surface area contributed by atoms with Gasteiger partial charge in [-0.2, -0.15) is 0 Å². The molecule has 0 unspecified atom stereocenters. The van der Waals surface area contributed by atoms with Crippen LogP contribution in [0.2, 0.25) is 0 Å². The molecule has 0 aromatic rings. The number of nitrogens with zero attached hydrogens (tertiary/aromatic N) is 1. The van der Waals surface area contributed by atoms with Crippen molar-refractivity contribution in [2.75, 3.05) is 13.1 Å². The topological polar surface area (TPSA) is 75.8 Å². The number of carbonyl (C=O) groups excluding carboxylic acids is 1. The summed E-state index contributed by atoms with van der Waals surface area (Å²) < 4.78 is 5.19. The number of likely N-dealkylation sites (N-methyl/N-ethyl adjacent to an activating group) is 1. The van der Waals surface area contributed by atoms with Gasteiger partial charge in [-0.05, 0) is 19.3 Å². The Kier molecular flexibility index (Phi) is 7.06. The summed E-state index contributed by atoms with van der Waals surface area (Å²) in [7, 11) is 0. The van der Waals surface area contributed by atoms with E-state index in [1.54, 1.807) is 4.90 Å². The number of carbonyl (C=O) groups is 1. The highest BCUT2D eigenvalue weighted by Gasteiger charge is 2.38. The smallest absolute Gasteiger partial charge is 0.410 e. The van der Waals surface area contributed by atoms with Gasteiger partial charge in [0.1, 0.15) is 12.2 Å². The first-order valence-electron chi connectivity index (χ1n) is 7.51. The molecule has 1 saturated heterocycles. The fourth-order valence-electron chi connectivity index (χ4n) is 3.19. The molecule has 0 radical (unpaired) electrons. The third kappa shape index (κ3) is 4.24. The highest BCUT2D eigenvalue weighted by molar-refractivity contribution is 5.85. The fourth-order valence-corrected chi connectivity index (χ4v) is 3.19. The van der Waals surface area contributed by atoms with E-state index < -0.39 is 12.2 Å². The molecular formula is C14H27ClN2O3. The number of amides is 1. The molecule has 5 nitrogen and oxygen atoms in total. The minimum absolute atomic E-state index is 0. The van der Waals surface area contributed by atoms with E-state index in [0.29, 0.717) is 19.0 Å². The molecule has 1 aliphatic carbocycles. The van der Waals surface area contributed by atoms with Gasteiger partial charge >= 0.3 is 6.09 Å². The van der Waals surface area contributed by atoms with E-state index in [1.165, 1.54) is 32.1 Å². The molecule has 1 aliphatic heterocycles. The molecule has 2 fully saturated rings. The maximum absolute atomic E-state index is 11.5. The molecule has 0 aromatic carbocycles. The number of hydrogen-bond donors (Lipinski definition) is 2. The normalized spacial score (nSPS) is 26.9. The van der Waals surface area contributed by atoms with Crippen molar-refractivity contribution in [1.82, 2.24) is 4.90 Å². The predicted octanol–water partition coefficient (Wildman–Crippen LogP) is 1.91. The van der Waals surface area contributed by atoms with Crippen LogP contribution in [0.1, 0.15) is 45.4 Å². The molecule has 6 heteroatoms. The number of nitrogens with two attached hydrogens (primary N) is 1. The molecule has 2 aliphatic rings. The van der Waals surface area contributed by atoms with Crippen LogP contribution >= 0.6 is 12.4 Å². The summed E-state index contributed by atoms with van der Waals surface area (Å²) in [5, 5.41) is 10.3. The van der Waals surface area contributed by atoms with Crippen molar-refractivity contribution in [1.29, 1.82) is 0 Å². The Balaban J connectivity index is 0.00000200. The zero-order valence-corrected chi connectivity index (χ0v) is 13.0. The van der Waals surface area contributed by atoms with Gasteiger partial charge in [0.15, 0.2) is 0 Å². The lowest BCUT2D eigenvalue weighted by atomic mass is 9.83. The number of aliphatic hydroxyl groups is 1. The summed E-state index contributed by atoms with van der Waals surface area (Å²) in [6, 6.07) is -0.294. The molecule has 0 aromatic heterocycles. The van der Waals surface area contributed by atoms with Gasteiger partial charge in [0, 0.05) is 12.6 Å². The predicted molar refractivity (Wildman–Crippen MR) is 79.9 cm³/mol. The quantitative estimate of drug-likeness (QED) is 0.813. The molecule has 3 atom stereocenters. The summed E-state index contributed by atoms with van der Waals surface area (Å²) in [5.41, 5.74) is 6.10. The minimum atomic E-state index is -0.748. The van der Waals surface area contributed by atoms with Gasteiger partial charge in [0.25, 0.3) is 0 Å². The van der Waals surface area contributed by atoms with Crippen molar-refractivity contribution in [3.63, 3.8) is 0 Å². The van der Waals surface area contributed by atoms with E-state index in [4.69, 9.17) is 10.5 Å². The van der Waals surface area contributed by atoms with Crippen LogP contribution in [0.5, 0.6) is 0 Å². The van der Waals surface area contributed by atoms with Crippen molar-refractivity contribution >= 4 is 18.5 Å². The van der Waals surface area contributed by atoms with Gasteiger partial charge in [-0.25, -0.2) is 4.79 Å². The molecule has 2 rings (SSSR count). The lowest BCUT2D eigenvalue weighted by molar-refractivity contribution is 0.0120. The number of ether oxygens (including phenoxy) is 1. The first-order valence-corrected chi connectivity index (χ1v) is 7.51. The molecule has 20 heavy (non-hydrogen) atoms. The standard InChI is InChI=1S/C14H26N2O3.ClH/c1-2-16-9-12(19-14(16)18)13(17)11(15)8-10-6-4-3-5-7-10;/h10-13,17H,2-9,15H2,1H3;1H/t11-,12-,13+;/m0./s1. The summed E-state index contributed by atoms with van der Waals surface area (Å²) in [5.74, 6) is 0.623. The highest BCUT2D eigenvalue weighted by atomic mass is 35.5. The third-order valence-electron chi connectivity index (χ3n) is 4.44. The van der Waals surface area contributed by atoms with Gasteiger partial charge in [-0.15, -0.1) is 12.4 Å². The van der Waals surface area contributed by atoms with Crippen LogP contribution in [0.4, 0.5) is 4.79 Å². The Hall–Kier alpha value is -0.520. The SMILES string of the molecule is CCN1C[C@@H]([C@H](O)[C@@H](N)CC2CCCCC2)OC1=O.Cl. The number of aliphatic hydroxyl groups excluding tert-OH is 1. The average Bonchev–Trinajstić information content (AvgIpc) is 2.80. The van der Waals surface area contributed by atoms with E-state index in [-0.39, 0.29) is 24.5 Å². The molecule has 118 valence electrons. The molecule has 1 saturated carbocycles. The van der Waals surface area contributed by atoms with Crippen LogP contribution in [-0.4, -0.2) is 47.4 Å². The van der Waals surface area contributed by atoms with Gasteiger partial charge in [0.2, 0.25) is 0 Å². The van der Waals surface area contributed by atoms with Crippen LogP contribution in [0, 0.1) is 5.92 Å². The van der Waals surface area contributed by atoms with E-state index >= 15 is 0 Å². The second-order valence-corrected chi connectivity index (χ2v) is 5.86. The average molecular weight is 307 g/mol. The van der Waals surface area contributed by atoms with Gasteiger partial charge in [-0.1, -0.05) is 32.1 Å². The van der Waals surface area contributed by atoms with Gasteiger partial charge in [-0.3, -0.25) is 0 Å². The molecule has 1 amide bonds. The highest BCUT2D eigenvalue weighted by Crippen LogP contribution is 2.28. The summed E-state index contributed by atoms with van der Waals surface area (Å²) in [6.07, 6.45) is 5.58. The second-order valence-electron chi connectivity index (χ2n) is 5.86. The van der Waals surface area contributed by atoms with E-state index in [9.17, 15) is 9.90 Å². The van der Waals surface area contributed by atoms with E-state index in [1.807, 2.05) is 6.92 Å². The van der Waals surface area contributed by atoms with Crippen LogP contribution < -0.4 is 5.73 Å². The van der Waals surface area contributed by atoms with Crippen molar-refractivity contribution in [3.05, 3.63) is 0 Å². The van der Waals surface area contributed by atoms with Gasteiger partial charge in [0.05, 0.1) is 6.54 Å². The van der Waals surface area contributed by atoms with E-state index in [0.717, 1.165) is 6.42 Å². The number of rotatable bonds is 5. The second kappa shape index (κ2) is 8.05. The van der Waals surface area contributed by atoms with Crippen LogP contribution in [0.15, 0.2) is 0 Å². The zero-order chi connectivity index (χ0) is 13.8. The lowest BCUT2D eigenvalue weighted by Gasteiger charge is -2.28. The first kappa shape index (κ1) is 17.5. The number of cyclic esters (lactones) is 1. The van der Waals surface area contributed by atoms with Crippen molar-refractivity contribution < 1.29 is 14.6 Å². The Labute approximate surface area is 127 Å². The maximum Gasteiger partial charge on any atom is 0.410 e. The Bertz CT molecular complexity index is 311. The van der Waals surface area contributed by atoms with Crippen LogP contribution in [-0.2, 0) is 4.74 Å². The van der Waals surface area contributed by atoms with Gasteiger partial charge < -0.3 is 20.5 Å². The number of hydrogen-bond acceptors (Lipinski definition) is 4. The Morgan fingerprint density at radius 2 is 2.05 bits per heavy atom. The monoisotopic (exact) mass is 306 g/mol. The zero-order valence-electron chi connectivity index (χ0n) is 12.2. The lowest BCUT2D eigenvalue weighted by Crippen LogP contribution is -2.45.